The lowest BCUT2D eigenvalue weighted by Crippen LogP contribution is -2.11. The van der Waals surface area contributed by atoms with Crippen molar-refractivity contribution in [3.8, 4) is 5.75 Å². The van der Waals surface area contributed by atoms with Crippen molar-refractivity contribution < 1.29 is 23.7 Å². The third-order valence-electron chi connectivity index (χ3n) is 3.22. The number of carbonyl (C=O) groups is 1. The van der Waals surface area contributed by atoms with E-state index >= 15 is 0 Å². The molecule has 1 rings (SSSR count). The minimum atomic E-state index is -0.348. The van der Waals surface area contributed by atoms with Crippen molar-refractivity contribution in [1.82, 2.24) is 0 Å². The Morgan fingerprint density at radius 3 is 2.48 bits per heavy atom. The van der Waals surface area contributed by atoms with E-state index < -0.39 is 0 Å². The second-order valence-electron chi connectivity index (χ2n) is 5.32. The smallest absolute Gasteiger partial charge is 0.331 e. The molecule has 0 spiro atoms. The van der Waals surface area contributed by atoms with Crippen molar-refractivity contribution in [2.45, 2.75) is 32.6 Å². The van der Waals surface area contributed by atoms with E-state index in [4.69, 9.17) is 14.2 Å². The lowest BCUT2D eigenvalue weighted by atomic mass is 10.2. The van der Waals surface area contributed by atoms with Crippen molar-refractivity contribution in [3.63, 3.8) is 0 Å². The van der Waals surface area contributed by atoms with Crippen molar-refractivity contribution in [2.24, 2.45) is 0 Å². The predicted molar refractivity (Wildman–Crippen MR) is 88.8 cm³/mol. The summed E-state index contributed by atoms with van der Waals surface area (Å²) in [7, 11) is 1.35. The Morgan fingerprint density at radius 2 is 1.70 bits per heavy atom. The van der Waals surface area contributed by atoms with Crippen LogP contribution < -0.4 is 4.74 Å². The molecular formula is C18H28O5. The summed E-state index contributed by atoms with van der Waals surface area (Å²) in [5, 5.41) is 0. The van der Waals surface area contributed by atoms with Crippen LogP contribution in [0.2, 0.25) is 0 Å². The SMILES string of the molecule is COC(=O)COCCCOCCCCCOc1cccc(C)c1. The van der Waals surface area contributed by atoms with Crippen LogP contribution in [-0.2, 0) is 19.0 Å². The molecule has 0 bridgehead atoms. The molecule has 0 amide bonds. The van der Waals surface area contributed by atoms with E-state index in [0.717, 1.165) is 44.6 Å². The van der Waals surface area contributed by atoms with Crippen molar-refractivity contribution in [3.05, 3.63) is 29.8 Å². The Labute approximate surface area is 138 Å². The van der Waals surface area contributed by atoms with Crippen LogP contribution in [0.4, 0.5) is 0 Å². The van der Waals surface area contributed by atoms with Crippen LogP contribution >= 0.6 is 0 Å². The molecular weight excluding hydrogens is 296 g/mol. The van der Waals surface area contributed by atoms with Gasteiger partial charge in [0.05, 0.1) is 13.7 Å². The van der Waals surface area contributed by atoms with Gasteiger partial charge in [-0.1, -0.05) is 12.1 Å². The van der Waals surface area contributed by atoms with Crippen LogP contribution in [0, 0.1) is 6.92 Å². The number of unbranched alkanes of at least 4 members (excludes halogenated alkanes) is 2. The number of hydrogen-bond acceptors (Lipinski definition) is 5. The Bertz CT molecular complexity index is 433. The van der Waals surface area contributed by atoms with Gasteiger partial charge in [0.1, 0.15) is 12.4 Å². The fourth-order valence-electron chi connectivity index (χ4n) is 1.96. The first-order chi connectivity index (χ1) is 11.2. The zero-order chi connectivity index (χ0) is 16.8. The molecule has 0 aliphatic carbocycles. The Balaban J connectivity index is 1.82. The number of esters is 1. The molecule has 0 aliphatic heterocycles. The molecule has 130 valence electrons. The fourth-order valence-corrected chi connectivity index (χ4v) is 1.96. The lowest BCUT2D eigenvalue weighted by Gasteiger charge is -2.07. The minimum Gasteiger partial charge on any atom is -0.494 e. The van der Waals surface area contributed by atoms with E-state index in [1.807, 2.05) is 18.2 Å². The molecule has 0 radical (unpaired) electrons. The van der Waals surface area contributed by atoms with Gasteiger partial charge in [0, 0.05) is 19.8 Å². The molecule has 5 heteroatoms. The summed E-state index contributed by atoms with van der Waals surface area (Å²) in [5.41, 5.74) is 1.21. The summed E-state index contributed by atoms with van der Waals surface area (Å²) in [6.45, 7) is 4.73. The van der Waals surface area contributed by atoms with Crippen LogP contribution in [0.1, 0.15) is 31.2 Å². The average Bonchev–Trinajstić information content (AvgIpc) is 2.55. The van der Waals surface area contributed by atoms with Crippen molar-refractivity contribution >= 4 is 5.97 Å². The van der Waals surface area contributed by atoms with Crippen LogP contribution in [0.3, 0.4) is 0 Å². The highest BCUT2D eigenvalue weighted by Gasteiger charge is 1.99. The number of carbonyl (C=O) groups excluding carboxylic acids is 1. The summed E-state index contributed by atoms with van der Waals surface area (Å²) in [4.78, 5) is 10.8. The van der Waals surface area contributed by atoms with Crippen LogP contribution in [0.5, 0.6) is 5.75 Å². The van der Waals surface area contributed by atoms with Crippen molar-refractivity contribution in [2.75, 3.05) is 40.1 Å². The van der Waals surface area contributed by atoms with E-state index in [1.165, 1.54) is 12.7 Å². The molecule has 23 heavy (non-hydrogen) atoms. The lowest BCUT2D eigenvalue weighted by molar-refractivity contribution is -0.146. The maximum absolute atomic E-state index is 10.8. The number of rotatable bonds is 13. The van der Waals surface area contributed by atoms with E-state index in [1.54, 1.807) is 0 Å². The molecule has 1 aromatic rings. The molecule has 0 saturated heterocycles. The molecule has 0 fully saturated rings. The van der Waals surface area contributed by atoms with Gasteiger partial charge in [-0.05, 0) is 50.3 Å². The average molecular weight is 324 g/mol. The first-order valence-electron chi connectivity index (χ1n) is 8.14. The monoisotopic (exact) mass is 324 g/mol. The minimum absolute atomic E-state index is 0.0113. The van der Waals surface area contributed by atoms with E-state index in [0.29, 0.717) is 13.2 Å². The standard InChI is InChI=1S/C18H28O5/c1-16-8-6-9-17(14-16)23-13-5-3-4-10-21-11-7-12-22-15-18(19)20-2/h6,8-9,14H,3-5,7,10-13,15H2,1-2H3. The van der Waals surface area contributed by atoms with E-state index in [-0.39, 0.29) is 12.6 Å². The summed E-state index contributed by atoms with van der Waals surface area (Å²) < 4.78 is 20.8. The van der Waals surface area contributed by atoms with Gasteiger partial charge in [0.15, 0.2) is 0 Å². The van der Waals surface area contributed by atoms with Crippen LogP contribution in [0.25, 0.3) is 0 Å². The topological polar surface area (TPSA) is 54.0 Å². The molecule has 0 aromatic heterocycles. The van der Waals surface area contributed by atoms with Gasteiger partial charge in [0.25, 0.3) is 0 Å². The van der Waals surface area contributed by atoms with Gasteiger partial charge in [-0.25, -0.2) is 4.79 Å². The molecule has 0 N–H and O–H groups in total. The molecule has 5 nitrogen and oxygen atoms in total. The van der Waals surface area contributed by atoms with E-state index in [2.05, 4.69) is 17.7 Å². The molecule has 0 saturated carbocycles. The second kappa shape index (κ2) is 12.9. The number of hydrogen-bond donors (Lipinski definition) is 0. The highest BCUT2D eigenvalue weighted by molar-refractivity contribution is 5.70. The van der Waals surface area contributed by atoms with Gasteiger partial charge < -0.3 is 18.9 Å². The Hall–Kier alpha value is -1.59. The Kier molecular flexibility index (Phi) is 10.9. The maximum atomic E-state index is 10.8. The first kappa shape index (κ1) is 19.5. The van der Waals surface area contributed by atoms with E-state index in [9.17, 15) is 4.79 Å². The molecule has 1 aromatic carbocycles. The third-order valence-corrected chi connectivity index (χ3v) is 3.22. The molecule has 0 atom stereocenters. The quantitative estimate of drug-likeness (QED) is 0.412. The Morgan fingerprint density at radius 1 is 0.957 bits per heavy atom. The van der Waals surface area contributed by atoms with Crippen LogP contribution in [-0.4, -0.2) is 46.1 Å². The predicted octanol–water partition coefficient (Wildman–Crippen LogP) is 3.14. The molecule has 0 heterocycles. The molecule has 0 unspecified atom stereocenters. The van der Waals surface area contributed by atoms with Gasteiger partial charge in [-0.3, -0.25) is 0 Å². The highest BCUT2D eigenvalue weighted by atomic mass is 16.6. The highest BCUT2D eigenvalue weighted by Crippen LogP contribution is 2.12. The third kappa shape index (κ3) is 10.7. The zero-order valence-corrected chi connectivity index (χ0v) is 14.2. The van der Waals surface area contributed by atoms with Gasteiger partial charge in [-0.15, -0.1) is 0 Å². The number of benzene rings is 1. The second-order valence-corrected chi connectivity index (χ2v) is 5.32. The first-order valence-corrected chi connectivity index (χ1v) is 8.14. The number of methoxy groups -OCH3 is 1. The number of aryl methyl sites for hydroxylation is 1. The summed E-state index contributed by atoms with van der Waals surface area (Å²) in [6, 6.07) is 8.10. The number of ether oxygens (including phenoxy) is 4. The summed E-state index contributed by atoms with van der Waals surface area (Å²) >= 11 is 0. The van der Waals surface area contributed by atoms with Gasteiger partial charge in [0.2, 0.25) is 0 Å². The summed E-state index contributed by atoms with van der Waals surface area (Å²) in [5.74, 6) is 0.590. The zero-order valence-electron chi connectivity index (χ0n) is 14.2. The summed E-state index contributed by atoms with van der Waals surface area (Å²) in [6.07, 6.45) is 3.93. The normalized spacial score (nSPS) is 10.5. The largest absolute Gasteiger partial charge is 0.494 e. The maximum Gasteiger partial charge on any atom is 0.331 e. The van der Waals surface area contributed by atoms with Gasteiger partial charge in [-0.2, -0.15) is 0 Å². The fraction of sp³-hybridized carbons (Fsp3) is 0.611. The van der Waals surface area contributed by atoms with Crippen LogP contribution in [0.15, 0.2) is 24.3 Å². The van der Waals surface area contributed by atoms with Crippen molar-refractivity contribution in [1.29, 1.82) is 0 Å². The van der Waals surface area contributed by atoms with Gasteiger partial charge >= 0.3 is 5.97 Å². The molecule has 0 aliphatic rings.